The van der Waals surface area contributed by atoms with Gasteiger partial charge in [-0.25, -0.2) is 14.5 Å². The number of rotatable bonds is 5. The lowest BCUT2D eigenvalue weighted by atomic mass is 10.1. The van der Waals surface area contributed by atoms with Gasteiger partial charge in [0.15, 0.2) is 5.82 Å². The summed E-state index contributed by atoms with van der Waals surface area (Å²) in [6, 6.07) is 4.28. The van der Waals surface area contributed by atoms with Gasteiger partial charge in [-0.3, -0.25) is 10.1 Å². The quantitative estimate of drug-likeness (QED) is 0.496. The van der Waals surface area contributed by atoms with Crippen LogP contribution in [-0.2, 0) is 17.7 Å². The van der Waals surface area contributed by atoms with Crippen molar-refractivity contribution >= 4 is 17.3 Å². The third-order valence-corrected chi connectivity index (χ3v) is 4.37. The molecule has 1 N–H and O–H groups in total. The van der Waals surface area contributed by atoms with Crippen LogP contribution in [0.1, 0.15) is 48.2 Å². The molecule has 0 bridgehead atoms. The highest BCUT2D eigenvalue weighted by Gasteiger charge is 2.25. The number of nitro benzene ring substituents is 1. The number of carbonyl (C=O) groups is 1. The van der Waals surface area contributed by atoms with Crippen LogP contribution in [0.2, 0.25) is 0 Å². The number of ether oxygens (including phenoxy) is 1. The van der Waals surface area contributed by atoms with Crippen LogP contribution in [0.25, 0.3) is 0 Å². The summed E-state index contributed by atoms with van der Waals surface area (Å²) in [6.07, 6.45) is 1.55. The number of benzene rings is 1. The van der Waals surface area contributed by atoms with E-state index in [-0.39, 0.29) is 23.2 Å². The van der Waals surface area contributed by atoms with Crippen molar-refractivity contribution < 1.29 is 14.5 Å². The number of fused-ring (bicyclic) bond motifs is 1. The number of hydrogen-bond donors (Lipinski definition) is 1. The Hall–Kier alpha value is -2.97. The first-order valence-corrected chi connectivity index (χ1v) is 8.46. The molecule has 9 heteroatoms. The molecule has 2 heterocycles. The van der Waals surface area contributed by atoms with E-state index in [1.807, 2.05) is 18.5 Å². The first-order valence-electron chi connectivity index (χ1n) is 8.46. The number of carbonyl (C=O) groups excluding carboxylic acids is 1. The zero-order valence-corrected chi connectivity index (χ0v) is 14.9. The van der Waals surface area contributed by atoms with Gasteiger partial charge in [-0.1, -0.05) is 13.8 Å². The van der Waals surface area contributed by atoms with Crippen LogP contribution in [0.3, 0.4) is 0 Å². The molecule has 9 nitrogen and oxygen atoms in total. The fourth-order valence-electron chi connectivity index (χ4n) is 2.96. The zero-order chi connectivity index (χ0) is 18.8. The van der Waals surface area contributed by atoms with Gasteiger partial charge in [-0.2, -0.15) is 5.10 Å². The monoisotopic (exact) mass is 359 g/mol. The molecule has 0 amide bonds. The van der Waals surface area contributed by atoms with Crippen LogP contribution in [0.5, 0.6) is 0 Å². The summed E-state index contributed by atoms with van der Waals surface area (Å²) in [6.45, 7) is 4.68. The van der Waals surface area contributed by atoms with Crippen molar-refractivity contribution in [3.05, 3.63) is 45.5 Å². The predicted molar refractivity (Wildman–Crippen MR) is 94.3 cm³/mol. The predicted octanol–water partition coefficient (Wildman–Crippen LogP) is 2.52. The van der Waals surface area contributed by atoms with Gasteiger partial charge in [0, 0.05) is 24.4 Å². The van der Waals surface area contributed by atoms with E-state index in [4.69, 9.17) is 0 Å². The Balaban J connectivity index is 1.80. The number of esters is 1. The lowest BCUT2D eigenvalue weighted by molar-refractivity contribution is -0.384. The first kappa shape index (κ1) is 17.8. The molecule has 0 fully saturated rings. The maximum atomic E-state index is 11.6. The topological polar surface area (TPSA) is 112 Å². The summed E-state index contributed by atoms with van der Waals surface area (Å²) in [5, 5.41) is 19.1. The Morgan fingerprint density at radius 2 is 2.23 bits per heavy atom. The van der Waals surface area contributed by atoms with Gasteiger partial charge in [-0.05, 0) is 18.6 Å². The molecule has 26 heavy (non-hydrogen) atoms. The second kappa shape index (κ2) is 7.11. The lowest BCUT2D eigenvalue weighted by Crippen LogP contribution is -2.32. The van der Waals surface area contributed by atoms with E-state index < -0.39 is 10.9 Å². The number of hydrogen-bond acceptors (Lipinski definition) is 7. The largest absolute Gasteiger partial charge is 0.465 e. The fraction of sp³-hybridized carbons (Fsp3) is 0.471. The molecule has 0 aliphatic carbocycles. The minimum absolute atomic E-state index is 0.00751. The van der Waals surface area contributed by atoms with E-state index in [2.05, 4.69) is 20.1 Å². The van der Waals surface area contributed by atoms with E-state index in [1.165, 1.54) is 19.2 Å². The highest BCUT2D eigenvalue weighted by atomic mass is 16.6. The van der Waals surface area contributed by atoms with Crippen LogP contribution in [0.4, 0.5) is 11.4 Å². The van der Waals surface area contributed by atoms with Crippen molar-refractivity contribution in [3.63, 3.8) is 0 Å². The zero-order valence-electron chi connectivity index (χ0n) is 14.9. The average molecular weight is 359 g/mol. The highest BCUT2D eigenvalue weighted by Crippen LogP contribution is 2.28. The van der Waals surface area contributed by atoms with E-state index in [0.717, 1.165) is 24.5 Å². The molecule has 1 aromatic heterocycles. The molecule has 0 unspecified atom stereocenters. The van der Waals surface area contributed by atoms with Crippen LogP contribution in [0.15, 0.2) is 18.2 Å². The van der Waals surface area contributed by atoms with Crippen LogP contribution in [-0.4, -0.2) is 38.8 Å². The van der Waals surface area contributed by atoms with Gasteiger partial charge in [0.1, 0.15) is 11.5 Å². The van der Waals surface area contributed by atoms with Crippen molar-refractivity contribution in [3.8, 4) is 0 Å². The van der Waals surface area contributed by atoms with E-state index in [9.17, 15) is 14.9 Å². The van der Waals surface area contributed by atoms with Crippen molar-refractivity contribution in [2.24, 2.45) is 0 Å². The summed E-state index contributed by atoms with van der Waals surface area (Å²) < 4.78 is 6.49. The second-order valence-corrected chi connectivity index (χ2v) is 6.58. The molecule has 1 aromatic carbocycles. The third-order valence-electron chi connectivity index (χ3n) is 4.37. The van der Waals surface area contributed by atoms with Crippen molar-refractivity contribution in [2.45, 2.75) is 45.2 Å². The number of anilines is 1. The molecule has 1 aliphatic heterocycles. The molecule has 0 spiro atoms. The third kappa shape index (κ3) is 3.51. The second-order valence-electron chi connectivity index (χ2n) is 6.58. The SMILES string of the molecule is COC(=O)c1ccc(N[C@@H]2CCc3nc(C(C)C)nn3C2)c([N+](=O)[O-])c1. The first-order chi connectivity index (χ1) is 12.4. The number of aromatic nitrogens is 3. The lowest BCUT2D eigenvalue weighted by Gasteiger charge is -2.24. The maximum Gasteiger partial charge on any atom is 0.338 e. The molecule has 0 saturated carbocycles. The molecule has 138 valence electrons. The summed E-state index contributed by atoms with van der Waals surface area (Å²) in [5.74, 6) is 1.41. The van der Waals surface area contributed by atoms with Crippen LogP contribution >= 0.6 is 0 Å². The Labute approximate surface area is 150 Å². The standard InChI is InChI=1S/C17H21N5O4/c1-10(2)16-19-15-7-5-12(9-21(15)20-16)18-13-6-4-11(17(23)26-3)8-14(13)22(24)25/h4,6,8,10,12,18H,5,7,9H2,1-3H3/t12-/m1/s1. The molecule has 1 aliphatic rings. The molecular formula is C17H21N5O4. The number of nitro groups is 1. The van der Waals surface area contributed by atoms with Crippen molar-refractivity contribution in [1.82, 2.24) is 14.8 Å². The minimum atomic E-state index is -0.606. The summed E-state index contributed by atoms with van der Waals surface area (Å²) >= 11 is 0. The maximum absolute atomic E-state index is 11.6. The highest BCUT2D eigenvalue weighted by molar-refractivity contribution is 5.91. The molecule has 2 aromatic rings. The number of nitrogens with one attached hydrogen (secondary N) is 1. The van der Waals surface area contributed by atoms with Gasteiger partial charge in [-0.15, -0.1) is 0 Å². The molecule has 1 atom stereocenters. The number of aryl methyl sites for hydroxylation is 1. The summed E-state index contributed by atoms with van der Waals surface area (Å²) in [5.41, 5.74) is 0.369. The van der Waals surface area contributed by atoms with Gasteiger partial charge < -0.3 is 10.1 Å². The average Bonchev–Trinajstić information content (AvgIpc) is 3.05. The molecular weight excluding hydrogens is 338 g/mol. The Kier molecular flexibility index (Phi) is 4.88. The number of methoxy groups -OCH3 is 1. The summed E-state index contributed by atoms with van der Waals surface area (Å²) in [4.78, 5) is 27.0. The van der Waals surface area contributed by atoms with Gasteiger partial charge >= 0.3 is 5.97 Å². The fourth-order valence-corrected chi connectivity index (χ4v) is 2.96. The van der Waals surface area contributed by atoms with E-state index in [1.54, 1.807) is 6.07 Å². The Morgan fingerprint density at radius 3 is 2.88 bits per heavy atom. The Bertz CT molecular complexity index is 846. The molecule has 3 rings (SSSR count). The van der Waals surface area contributed by atoms with Gasteiger partial charge in [0.2, 0.25) is 0 Å². The number of nitrogens with zero attached hydrogens (tertiary/aromatic N) is 4. The van der Waals surface area contributed by atoms with Crippen LogP contribution < -0.4 is 5.32 Å². The summed E-state index contributed by atoms with van der Waals surface area (Å²) in [7, 11) is 1.24. The van der Waals surface area contributed by atoms with Gasteiger partial charge in [0.25, 0.3) is 5.69 Å². The normalized spacial score (nSPS) is 16.2. The minimum Gasteiger partial charge on any atom is -0.465 e. The van der Waals surface area contributed by atoms with Crippen molar-refractivity contribution in [2.75, 3.05) is 12.4 Å². The van der Waals surface area contributed by atoms with Crippen molar-refractivity contribution in [1.29, 1.82) is 0 Å². The molecule has 0 radical (unpaired) electrons. The molecule has 0 saturated heterocycles. The smallest absolute Gasteiger partial charge is 0.338 e. The van der Waals surface area contributed by atoms with E-state index >= 15 is 0 Å². The van der Waals surface area contributed by atoms with Gasteiger partial charge in [0.05, 0.1) is 24.1 Å². The van der Waals surface area contributed by atoms with E-state index in [0.29, 0.717) is 12.2 Å². The van der Waals surface area contributed by atoms with Crippen LogP contribution in [0, 0.1) is 10.1 Å². The Morgan fingerprint density at radius 1 is 1.46 bits per heavy atom.